The van der Waals surface area contributed by atoms with E-state index in [0.717, 1.165) is 0 Å². The van der Waals surface area contributed by atoms with Crippen LogP contribution in [0.25, 0.3) is 0 Å². The first-order valence-electron chi connectivity index (χ1n) is 4.85. The van der Waals surface area contributed by atoms with E-state index in [9.17, 15) is 8.42 Å². The Morgan fingerprint density at radius 3 is 2.44 bits per heavy atom. The second-order valence-electron chi connectivity index (χ2n) is 4.17. The normalized spacial score (nSPS) is 12.4. The topological polar surface area (TPSA) is 72.2 Å². The number of nitrogens with two attached hydrogens (primary N) is 1. The summed E-state index contributed by atoms with van der Waals surface area (Å²) in [5, 5.41) is 0. The number of rotatable bonds is 4. The minimum absolute atomic E-state index is 0.0807. The average Bonchev–Trinajstić information content (AvgIpc) is 2.19. The van der Waals surface area contributed by atoms with Crippen LogP contribution in [-0.2, 0) is 10.0 Å². The standard InChI is InChI=1S/C10H12Br2N2O2S2/c1-10(2,9(13)17)14-18(15,16)8-5-6(11)3-4-7(8)12/h3-5,14H,1-2H3,(H2,13,17). The zero-order valence-electron chi connectivity index (χ0n) is 9.70. The van der Waals surface area contributed by atoms with Crippen molar-refractivity contribution in [3.05, 3.63) is 27.1 Å². The molecule has 0 heterocycles. The number of hydrogen-bond acceptors (Lipinski definition) is 3. The van der Waals surface area contributed by atoms with Crippen LogP contribution in [0, 0.1) is 0 Å². The van der Waals surface area contributed by atoms with Crippen LogP contribution in [0.2, 0.25) is 0 Å². The fourth-order valence-corrected chi connectivity index (χ4v) is 4.14. The van der Waals surface area contributed by atoms with Gasteiger partial charge in [-0.3, -0.25) is 0 Å². The summed E-state index contributed by atoms with van der Waals surface area (Å²) in [5.74, 6) is 0. The van der Waals surface area contributed by atoms with E-state index >= 15 is 0 Å². The van der Waals surface area contributed by atoms with Crippen molar-refractivity contribution < 1.29 is 8.42 Å². The van der Waals surface area contributed by atoms with Crippen LogP contribution < -0.4 is 10.5 Å². The van der Waals surface area contributed by atoms with Gasteiger partial charge in [0.15, 0.2) is 0 Å². The van der Waals surface area contributed by atoms with Gasteiger partial charge in [0.2, 0.25) is 10.0 Å². The molecule has 0 aliphatic heterocycles. The third kappa shape index (κ3) is 3.74. The Kier molecular flexibility index (Phi) is 4.93. The lowest BCUT2D eigenvalue weighted by Crippen LogP contribution is -2.52. The van der Waals surface area contributed by atoms with Crippen LogP contribution in [-0.4, -0.2) is 18.9 Å². The molecule has 0 fully saturated rings. The summed E-state index contributed by atoms with van der Waals surface area (Å²) < 4.78 is 28.1. The third-order valence-electron chi connectivity index (χ3n) is 2.19. The van der Waals surface area contributed by atoms with Gasteiger partial charge >= 0.3 is 0 Å². The lowest BCUT2D eigenvalue weighted by Gasteiger charge is -2.24. The van der Waals surface area contributed by atoms with E-state index in [1.807, 2.05) is 0 Å². The van der Waals surface area contributed by atoms with Gasteiger partial charge in [-0.2, -0.15) is 4.72 Å². The highest BCUT2D eigenvalue weighted by atomic mass is 79.9. The highest BCUT2D eigenvalue weighted by molar-refractivity contribution is 9.11. The summed E-state index contributed by atoms with van der Waals surface area (Å²) in [5.41, 5.74) is 4.52. The molecule has 0 saturated heterocycles. The van der Waals surface area contributed by atoms with Crippen molar-refractivity contribution in [2.75, 3.05) is 0 Å². The Bertz CT molecular complexity index is 586. The third-order valence-corrected chi connectivity index (χ3v) is 5.84. The van der Waals surface area contributed by atoms with Crippen LogP contribution in [0.15, 0.2) is 32.0 Å². The molecule has 100 valence electrons. The Morgan fingerprint density at radius 1 is 1.39 bits per heavy atom. The molecule has 0 aliphatic rings. The molecule has 0 atom stereocenters. The second kappa shape index (κ2) is 5.54. The molecule has 0 spiro atoms. The first kappa shape index (κ1) is 16.0. The lowest BCUT2D eigenvalue weighted by atomic mass is 10.1. The van der Waals surface area contributed by atoms with Crippen LogP contribution in [0.4, 0.5) is 0 Å². The molecule has 1 aromatic carbocycles. The predicted octanol–water partition coefficient (Wildman–Crippen LogP) is 2.55. The number of benzene rings is 1. The number of thiocarbonyl (C=S) groups is 1. The molecule has 3 N–H and O–H groups in total. The maximum atomic E-state index is 12.2. The lowest BCUT2D eigenvalue weighted by molar-refractivity contribution is 0.545. The summed E-state index contributed by atoms with van der Waals surface area (Å²) in [7, 11) is -3.71. The molecular weight excluding hydrogens is 404 g/mol. The van der Waals surface area contributed by atoms with Gasteiger partial charge < -0.3 is 5.73 Å². The Morgan fingerprint density at radius 2 is 1.94 bits per heavy atom. The predicted molar refractivity (Wildman–Crippen MR) is 83.0 cm³/mol. The van der Waals surface area contributed by atoms with Crippen molar-refractivity contribution in [1.29, 1.82) is 0 Å². The van der Waals surface area contributed by atoms with Gasteiger partial charge in [-0.15, -0.1) is 0 Å². The maximum absolute atomic E-state index is 12.2. The van der Waals surface area contributed by atoms with Crippen molar-refractivity contribution in [1.82, 2.24) is 4.72 Å². The monoisotopic (exact) mass is 414 g/mol. The van der Waals surface area contributed by atoms with E-state index in [-0.39, 0.29) is 9.88 Å². The molecule has 0 aliphatic carbocycles. The highest BCUT2D eigenvalue weighted by Crippen LogP contribution is 2.26. The molecule has 0 bridgehead atoms. The van der Waals surface area contributed by atoms with E-state index in [4.69, 9.17) is 18.0 Å². The molecule has 18 heavy (non-hydrogen) atoms. The number of halogens is 2. The van der Waals surface area contributed by atoms with Crippen LogP contribution >= 0.6 is 44.1 Å². The fraction of sp³-hybridized carbons (Fsp3) is 0.300. The van der Waals surface area contributed by atoms with Crippen LogP contribution in [0.3, 0.4) is 0 Å². The fourth-order valence-electron chi connectivity index (χ4n) is 1.12. The molecule has 0 amide bonds. The van der Waals surface area contributed by atoms with Crippen molar-refractivity contribution in [3.8, 4) is 0 Å². The highest BCUT2D eigenvalue weighted by Gasteiger charge is 2.29. The van der Waals surface area contributed by atoms with E-state index < -0.39 is 15.6 Å². The van der Waals surface area contributed by atoms with Gasteiger partial charge in [0, 0.05) is 8.95 Å². The molecule has 0 saturated carbocycles. The second-order valence-corrected chi connectivity index (χ2v) is 8.03. The maximum Gasteiger partial charge on any atom is 0.242 e. The molecule has 1 rings (SSSR count). The molecule has 0 unspecified atom stereocenters. The first-order chi connectivity index (χ1) is 8.06. The summed E-state index contributed by atoms with van der Waals surface area (Å²) in [6, 6.07) is 4.89. The van der Waals surface area contributed by atoms with E-state index in [1.54, 1.807) is 26.0 Å². The molecule has 1 aromatic rings. The summed E-state index contributed by atoms with van der Waals surface area (Å²) in [4.78, 5) is 0.207. The zero-order chi connectivity index (χ0) is 14.1. The number of sulfonamides is 1. The van der Waals surface area contributed by atoms with Gasteiger partial charge in [-0.1, -0.05) is 28.1 Å². The van der Waals surface area contributed by atoms with Gasteiger partial charge in [-0.25, -0.2) is 8.42 Å². The van der Waals surface area contributed by atoms with E-state index in [2.05, 4.69) is 36.6 Å². The summed E-state index contributed by atoms with van der Waals surface area (Å²) >= 11 is 11.3. The first-order valence-corrected chi connectivity index (χ1v) is 8.33. The van der Waals surface area contributed by atoms with Crippen molar-refractivity contribution in [3.63, 3.8) is 0 Å². The van der Waals surface area contributed by atoms with Gasteiger partial charge in [-0.05, 0) is 48.0 Å². The Balaban J connectivity index is 3.23. The SMILES string of the molecule is CC(C)(NS(=O)(=O)c1cc(Br)ccc1Br)C(N)=S. The van der Waals surface area contributed by atoms with Crippen molar-refractivity contribution >= 4 is 59.1 Å². The quantitative estimate of drug-likeness (QED) is 0.741. The molecular formula is C10H12Br2N2O2S2. The average molecular weight is 416 g/mol. The number of nitrogens with one attached hydrogen (secondary N) is 1. The van der Waals surface area contributed by atoms with Gasteiger partial charge in [0.1, 0.15) is 0 Å². The van der Waals surface area contributed by atoms with Crippen LogP contribution in [0.1, 0.15) is 13.8 Å². The Hall–Kier alpha value is -0.0200. The zero-order valence-corrected chi connectivity index (χ0v) is 14.5. The minimum Gasteiger partial charge on any atom is -0.392 e. The van der Waals surface area contributed by atoms with Gasteiger partial charge in [0.25, 0.3) is 0 Å². The Labute approximate surface area is 129 Å². The number of hydrogen-bond donors (Lipinski definition) is 2. The molecule has 4 nitrogen and oxygen atoms in total. The summed E-state index contributed by atoms with van der Waals surface area (Å²) in [6.45, 7) is 3.22. The van der Waals surface area contributed by atoms with E-state index in [1.165, 1.54) is 6.07 Å². The van der Waals surface area contributed by atoms with Crippen LogP contribution in [0.5, 0.6) is 0 Å². The van der Waals surface area contributed by atoms with E-state index in [0.29, 0.717) is 8.95 Å². The minimum atomic E-state index is -3.71. The molecule has 0 radical (unpaired) electrons. The summed E-state index contributed by atoms with van der Waals surface area (Å²) in [6.07, 6.45) is 0. The smallest absolute Gasteiger partial charge is 0.242 e. The van der Waals surface area contributed by atoms with Crippen molar-refractivity contribution in [2.24, 2.45) is 5.73 Å². The largest absolute Gasteiger partial charge is 0.392 e. The molecule has 8 heteroatoms. The van der Waals surface area contributed by atoms with Crippen molar-refractivity contribution in [2.45, 2.75) is 24.3 Å². The van der Waals surface area contributed by atoms with Gasteiger partial charge in [0.05, 0.1) is 15.4 Å². The molecule has 0 aromatic heterocycles.